The summed E-state index contributed by atoms with van der Waals surface area (Å²) in [6, 6.07) is 13.9. The Labute approximate surface area is 162 Å². The van der Waals surface area contributed by atoms with E-state index < -0.39 is 0 Å². The maximum Gasteiger partial charge on any atom is 0.240 e. The average Bonchev–Trinajstić information content (AvgIpc) is 2.72. The van der Waals surface area contributed by atoms with E-state index in [9.17, 15) is 4.79 Å². The Bertz CT molecular complexity index is 718. The van der Waals surface area contributed by atoms with Crippen LogP contribution in [-0.2, 0) is 17.8 Å². The van der Waals surface area contributed by atoms with Crippen molar-refractivity contribution < 1.29 is 9.53 Å². The third-order valence-electron chi connectivity index (χ3n) is 5.28. The summed E-state index contributed by atoms with van der Waals surface area (Å²) in [4.78, 5) is 21.9. The van der Waals surface area contributed by atoms with E-state index in [1.807, 2.05) is 35.2 Å². The number of hydrogen-bond donors (Lipinski definition) is 0. The lowest BCUT2D eigenvalue weighted by atomic mass is 10.0. The van der Waals surface area contributed by atoms with Crippen LogP contribution in [0.15, 0.2) is 48.7 Å². The maximum absolute atomic E-state index is 13.3. The molecule has 3 rings (SSSR count). The van der Waals surface area contributed by atoms with Gasteiger partial charge in [0.25, 0.3) is 0 Å². The number of rotatable bonds is 7. The Kier molecular flexibility index (Phi) is 6.82. The second-order valence-electron chi connectivity index (χ2n) is 7.17. The van der Waals surface area contributed by atoms with Crippen LogP contribution in [0.25, 0.3) is 0 Å². The number of likely N-dealkylation sites (tertiary alicyclic amines) is 1. The first-order chi connectivity index (χ1) is 13.2. The smallest absolute Gasteiger partial charge is 0.240 e. The minimum absolute atomic E-state index is 0.0154. The molecule has 0 N–H and O–H groups in total. The van der Waals surface area contributed by atoms with Gasteiger partial charge in [0.2, 0.25) is 5.91 Å². The number of amides is 1. The van der Waals surface area contributed by atoms with Crippen molar-refractivity contribution in [3.05, 3.63) is 59.9 Å². The zero-order chi connectivity index (χ0) is 19.1. The molecule has 1 fully saturated rings. The lowest BCUT2D eigenvalue weighted by Gasteiger charge is -2.35. The summed E-state index contributed by atoms with van der Waals surface area (Å²) in [5.41, 5.74) is 2.13. The first kappa shape index (κ1) is 19.4. The number of ether oxygens (including phenoxy) is 1. The Morgan fingerprint density at radius 2 is 2.04 bits per heavy atom. The van der Waals surface area contributed by atoms with Crippen LogP contribution in [0.1, 0.15) is 30.5 Å². The number of piperidine rings is 1. The summed E-state index contributed by atoms with van der Waals surface area (Å²) < 4.78 is 5.22. The van der Waals surface area contributed by atoms with Crippen molar-refractivity contribution in [1.29, 1.82) is 0 Å². The molecular formula is C22H29N3O2. The molecule has 1 aliphatic rings. The van der Waals surface area contributed by atoms with Gasteiger partial charge in [-0.2, -0.15) is 0 Å². The normalized spacial score (nSPS) is 17.5. The molecule has 1 unspecified atom stereocenters. The molecule has 5 heteroatoms. The summed E-state index contributed by atoms with van der Waals surface area (Å²) in [7, 11) is 3.73. The van der Waals surface area contributed by atoms with E-state index in [0.29, 0.717) is 13.1 Å². The Hall–Kier alpha value is -2.40. The van der Waals surface area contributed by atoms with Gasteiger partial charge in [-0.05, 0) is 62.7 Å². The van der Waals surface area contributed by atoms with Crippen LogP contribution < -0.4 is 4.74 Å². The molecule has 1 aliphatic heterocycles. The molecule has 0 radical (unpaired) electrons. The van der Waals surface area contributed by atoms with Gasteiger partial charge in [-0.3, -0.25) is 14.7 Å². The highest BCUT2D eigenvalue weighted by atomic mass is 16.5. The molecule has 0 bridgehead atoms. The largest absolute Gasteiger partial charge is 0.497 e. The highest BCUT2D eigenvalue weighted by Crippen LogP contribution is 2.19. The zero-order valence-electron chi connectivity index (χ0n) is 16.3. The molecular weight excluding hydrogens is 338 g/mol. The minimum Gasteiger partial charge on any atom is -0.497 e. The minimum atomic E-state index is -0.0154. The highest BCUT2D eigenvalue weighted by molar-refractivity contribution is 5.82. The molecule has 0 spiro atoms. The first-order valence-electron chi connectivity index (χ1n) is 9.69. The van der Waals surface area contributed by atoms with Crippen molar-refractivity contribution in [3.63, 3.8) is 0 Å². The molecule has 0 aliphatic carbocycles. The highest BCUT2D eigenvalue weighted by Gasteiger charge is 2.29. The van der Waals surface area contributed by atoms with E-state index in [0.717, 1.165) is 37.3 Å². The van der Waals surface area contributed by atoms with Crippen molar-refractivity contribution in [2.75, 3.05) is 27.2 Å². The number of carbonyl (C=O) groups excluding carboxylic acids is 1. The van der Waals surface area contributed by atoms with Crippen LogP contribution in [0, 0.1) is 0 Å². The molecule has 1 aromatic heterocycles. The fourth-order valence-electron chi connectivity index (χ4n) is 3.61. The average molecular weight is 367 g/mol. The maximum atomic E-state index is 13.3. The molecule has 144 valence electrons. The molecule has 5 nitrogen and oxygen atoms in total. The van der Waals surface area contributed by atoms with Crippen LogP contribution in [0.2, 0.25) is 0 Å². The van der Waals surface area contributed by atoms with Gasteiger partial charge < -0.3 is 9.64 Å². The number of carbonyl (C=O) groups is 1. The third kappa shape index (κ3) is 5.30. The number of benzene rings is 1. The van der Waals surface area contributed by atoms with Gasteiger partial charge in [-0.1, -0.05) is 24.6 Å². The summed E-state index contributed by atoms with van der Waals surface area (Å²) >= 11 is 0. The molecule has 2 heterocycles. The molecule has 1 atom stereocenters. The molecule has 0 saturated carbocycles. The summed E-state index contributed by atoms with van der Waals surface area (Å²) in [6.07, 6.45) is 5.84. The molecule has 27 heavy (non-hydrogen) atoms. The fourth-order valence-corrected chi connectivity index (χ4v) is 3.61. The standard InChI is InChI=1S/C22H29N3O2/c1-24-15-6-4-8-21(24)22(26)25(17-19-7-3-5-14-23-19)16-13-18-9-11-20(27-2)12-10-18/h3,5,7,9-12,14,21H,4,6,8,13,15-17H2,1-2H3. The Morgan fingerprint density at radius 3 is 2.70 bits per heavy atom. The van der Waals surface area contributed by atoms with Crippen molar-refractivity contribution in [2.24, 2.45) is 0 Å². The second kappa shape index (κ2) is 9.51. The summed E-state index contributed by atoms with van der Waals surface area (Å²) in [5.74, 6) is 1.07. The Morgan fingerprint density at radius 1 is 1.22 bits per heavy atom. The second-order valence-corrected chi connectivity index (χ2v) is 7.17. The predicted molar refractivity (Wildman–Crippen MR) is 107 cm³/mol. The van der Waals surface area contributed by atoms with Gasteiger partial charge in [0, 0.05) is 12.7 Å². The molecule has 1 saturated heterocycles. The van der Waals surface area contributed by atoms with Crippen LogP contribution in [0.3, 0.4) is 0 Å². The van der Waals surface area contributed by atoms with Crippen LogP contribution >= 0.6 is 0 Å². The summed E-state index contributed by atoms with van der Waals surface area (Å²) in [5, 5.41) is 0. The predicted octanol–water partition coefficient (Wildman–Crippen LogP) is 3.15. The van der Waals surface area contributed by atoms with Gasteiger partial charge in [-0.25, -0.2) is 0 Å². The van der Waals surface area contributed by atoms with Gasteiger partial charge in [0.1, 0.15) is 5.75 Å². The quantitative estimate of drug-likeness (QED) is 0.754. The van der Waals surface area contributed by atoms with E-state index in [4.69, 9.17) is 4.74 Å². The van der Waals surface area contributed by atoms with Gasteiger partial charge in [0.05, 0.1) is 25.4 Å². The SMILES string of the molecule is COc1ccc(CCN(Cc2ccccn2)C(=O)C2CCCCN2C)cc1. The van der Waals surface area contributed by atoms with Crippen molar-refractivity contribution in [2.45, 2.75) is 38.3 Å². The number of aromatic nitrogens is 1. The number of hydrogen-bond acceptors (Lipinski definition) is 4. The van der Waals surface area contributed by atoms with Crippen molar-refractivity contribution in [3.8, 4) is 5.75 Å². The van der Waals surface area contributed by atoms with E-state index in [1.165, 1.54) is 12.0 Å². The summed E-state index contributed by atoms with van der Waals surface area (Å²) in [6.45, 7) is 2.23. The molecule has 1 aromatic carbocycles. The molecule has 1 amide bonds. The van der Waals surface area contributed by atoms with Gasteiger partial charge in [0.15, 0.2) is 0 Å². The number of pyridine rings is 1. The fraction of sp³-hybridized carbons (Fsp3) is 0.455. The van der Waals surface area contributed by atoms with Crippen molar-refractivity contribution >= 4 is 5.91 Å². The number of methoxy groups -OCH3 is 1. The van der Waals surface area contributed by atoms with Crippen molar-refractivity contribution in [1.82, 2.24) is 14.8 Å². The topological polar surface area (TPSA) is 45.7 Å². The zero-order valence-corrected chi connectivity index (χ0v) is 16.3. The van der Waals surface area contributed by atoms with Gasteiger partial charge >= 0.3 is 0 Å². The lowest BCUT2D eigenvalue weighted by Crippen LogP contribution is -2.49. The lowest BCUT2D eigenvalue weighted by molar-refractivity contribution is -0.138. The van der Waals surface area contributed by atoms with Gasteiger partial charge in [-0.15, -0.1) is 0 Å². The van der Waals surface area contributed by atoms with E-state index >= 15 is 0 Å². The Balaban J connectivity index is 1.71. The number of likely N-dealkylation sites (N-methyl/N-ethyl adjacent to an activating group) is 1. The first-order valence-corrected chi connectivity index (χ1v) is 9.69. The van der Waals surface area contributed by atoms with E-state index in [2.05, 4.69) is 29.1 Å². The van der Waals surface area contributed by atoms with Crippen LogP contribution in [0.4, 0.5) is 0 Å². The van der Waals surface area contributed by atoms with Crippen LogP contribution in [0.5, 0.6) is 5.75 Å². The third-order valence-corrected chi connectivity index (χ3v) is 5.28. The van der Waals surface area contributed by atoms with Crippen LogP contribution in [-0.4, -0.2) is 54.0 Å². The monoisotopic (exact) mass is 367 g/mol. The van der Waals surface area contributed by atoms with E-state index in [1.54, 1.807) is 13.3 Å². The van der Waals surface area contributed by atoms with E-state index in [-0.39, 0.29) is 11.9 Å². The molecule has 2 aromatic rings. The number of nitrogens with zero attached hydrogens (tertiary/aromatic N) is 3.